The highest BCUT2D eigenvalue weighted by molar-refractivity contribution is 6.05. The molecule has 4 aromatic rings. The first-order chi connectivity index (χ1) is 13.5. The van der Waals surface area contributed by atoms with E-state index >= 15 is 0 Å². The monoisotopic (exact) mass is 371 g/mol. The van der Waals surface area contributed by atoms with Gasteiger partial charge in [0.15, 0.2) is 0 Å². The van der Waals surface area contributed by atoms with Crippen LogP contribution in [0.3, 0.4) is 0 Å². The molecule has 0 aliphatic rings. The van der Waals surface area contributed by atoms with Crippen molar-refractivity contribution in [1.29, 1.82) is 0 Å². The number of aryl methyl sites for hydroxylation is 2. The minimum absolute atomic E-state index is 0.185. The fourth-order valence-electron chi connectivity index (χ4n) is 3.15. The highest BCUT2D eigenvalue weighted by atomic mass is 16.5. The van der Waals surface area contributed by atoms with Crippen molar-refractivity contribution in [3.63, 3.8) is 0 Å². The van der Waals surface area contributed by atoms with Crippen molar-refractivity contribution in [3.8, 4) is 17.1 Å². The minimum atomic E-state index is -0.185. The van der Waals surface area contributed by atoms with E-state index in [9.17, 15) is 4.79 Å². The lowest BCUT2D eigenvalue weighted by Crippen LogP contribution is -2.12. The number of carbonyl (C=O) groups excluding carboxylic acids is 1. The first kappa shape index (κ1) is 17.8. The van der Waals surface area contributed by atoms with Crippen LogP contribution in [0.1, 0.15) is 21.5 Å². The molecule has 1 heterocycles. The number of carbonyl (C=O) groups is 1. The largest absolute Gasteiger partial charge is 0.495 e. The molecule has 28 heavy (non-hydrogen) atoms. The van der Waals surface area contributed by atoms with Gasteiger partial charge >= 0.3 is 0 Å². The van der Waals surface area contributed by atoms with Crippen LogP contribution in [-0.2, 0) is 0 Å². The van der Waals surface area contributed by atoms with Gasteiger partial charge in [0.1, 0.15) is 11.6 Å². The summed E-state index contributed by atoms with van der Waals surface area (Å²) in [5, 5.41) is 2.92. The van der Waals surface area contributed by atoms with Gasteiger partial charge in [-0.2, -0.15) is 0 Å². The molecule has 3 aromatic carbocycles. The van der Waals surface area contributed by atoms with E-state index in [1.807, 2.05) is 49.4 Å². The summed E-state index contributed by atoms with van der Waals surface area (Å²) in [5.41, 5.74) is 6.31. The van der Waals surface area contributed by atoms with Crippen LogP contribution in [-0.4, -0.2) is 23.0 Å². The van der Waals surface area contributed by atoms with Gasteiger partial charge in [-0.15, -0.1) is 0 Å². The van der Waals surface area contributed by atoms with Gasteiger partial charge in [-0.1, -0.05) is 24.3 Å². The Kier molecular flexibility index (Phi) is 4.57. The zero-order valence-electron chi connectivity index (χ0n) is 16.0. The molecular weight excluding hydrogens is 350 g/mol. The number of rotatable bonds is 4. The molecule has 0 atom stereocenters. The summed E-state index contributed by atoms with van der Waals surface area (Å²) in [6, 6.07) is 19.2. The van der Waals surface area contributed by atoms with Crippen molar-refractivity contribution in [1.82, 2.24) is 9.97 Å². The van der Waals surface area contributed by atoms with Gasteiger partial charge in [0.2, 0.25) is 0 Å². The molecule has 0 aliphatic heterocycles. The Morgan fingerprint density at radius 2 is 1.68 bits per heavy atom. The van der Waals surface area contributed by atoms with E-state index < -0.39 is 0 Å². The quantitative estimate of drug-likeness (QED) is 0.524. The third-order valence-electron chi connectivity index (χ3n) is 4.66. The average Bonchev–Trinajstić information content (AvgIpc) is 3.11. The lowest BCUT2D eigenvalue weighted by atomic mass is 10.1. The number of hydrogen-bond acceptors (Lipinski definition) is 3. The Labute approximate surface area is 163 Å². The second-order valence-corrected chi connectivity index (χ2v) is 6.84. The highest BCUT2D eigenvalue weighted by Gasteiger charge is 2.11. The van der Waals surface area contributed by atoms with Crippen molar-refractivity contribution in [2.24, 2.45) is 0 Å². The number of hydrogen-bond donors (Lipinski definition) is 2. The van der Waals surface area contributed by atoms with Crippen LogP contribution in [0.15, 0.2) is 60.7 Å². The van der Waals surface area contributed by atoms with Crippen LogP contribution in [0.5, 0.6) is 5.75 Å². The van der Waals surface area contributed by atoms with E-state index in [1.165, 1.54) is 5.56 Å². The molecule has 140 valence electrons. The van der Waals surface area contributed by atoms with Crippen molar-refractivity contribution in [2.45, 2.75) is 13.8 Å². The molecule has 4 rings (SSSR count). The highest BCUT2D eigenvalue weighted by Crippen LogP contribution is 2.26. The van der Waals surface area contributed by atoms with Crippen LogP contribution in [0.25, 0.3) is 22.4 Å². The van der Waals surface area contributed by atoms with Gasteiger partial charge in [0, 0.05) is 11.1 Å². The van der Waals surface area contributed by atoms with Gasteiger partial charge in [0.25, 0.3) is 5.91 Å². The Hall–Kier alpha value is -3.60. The zero-order chi connectivity index (χ0) is 19.7. The number of ether oxygens (including phenoxy) is 1. The zero-order valence-corrected chi connectivity index (χ0v) is 16.0. The maximum atomic E-state index is 12.6. The number of nitrogens with zero attached hydrogens (tertiary/aromatic N) is 1. The van der Waals surface area contributed by atoms with Crippen molar-refractivity contribution in [2.75, 3.05) is 12.4 Å². The van der Waals surface area contributed by atoms with Crippen LogP contribution >= 0.6 is 0 Å². The average molecular weight is 371 g/mol. The molecule has 1 amide bonds. The topological polar surface area (TPSA) is 67.0 Å². The van der Waals surface area contributed by atoms with Crippen LogP contribution in [0.4, 0.5) is 5.69 Å². The molecule has 0 saturated carbocycles. The lowest BCUT2D eigenvalue weighted by molar-refractivity contribution is 0.102. The molecule has 5 nitrogen and oxygen atoms in total. The van der Waals surface area contributed by atoms with Crippen LogP contribution < -0.4 is 10.1 Å². The predicted octanol–water partition coefficient (Wildman–Crippen LogP) is 5.11. The van der Waals surface area contributed by atoms with E-state index in [2.05, 4.69) is 28.3 Å². The molecule has 2 N–H and O–H groups in total. The number of aromatic nitrogens is 2. The standard InChI is InChI=1S/C23H21N3O2/c1-14-4-10-18-19(12-14)25-22(24-18)16-6-8-17(9-7-16)23(27)26-20-13-15(2)5-11-21(20)28-3/h4-13H,1-3H3,(H,24,25)(H,26,27). The second kappa shape index (κ2) is 7.19. The van der Waals surface area contributed by atoms with Crippen molar-refractivity contribution in [3.05, 3.63) is 77.4 Å². The molecule has 0 saturated heterocycles. The van der Waals surface area contributed by atoms with Gasteiger partial charge in [0.05, 0.1) is 23.8 Å². The van der Waals surface area contributed by atoms with E-state index in [0.29, 0.717) is 17.0 Å². The Balaban J connectivity index is 1.57. The first-order valence-electron chi connectivity index (χ1n) is 9.06. The maximum absolute atomic E-state index is 12.6. The summed E-state index contributed by atoms with van der Waals surface area (Å²) in [7, 11) is 1.59. The third-order valence-corrected chi connectivity index (χ3v) is 4.66. The maximum Gasteiger partial charge on any atom is 0.255 e. The predicted molar refractivity (Wildman–Crippen MR) is 112 cm³/mol. The Morgan fingerprint density at radius 1 is 0.964 bits per heavy atom. The summed E-state index contributed by atoms with van der Waals surface area (Å²) >= 11 is 0. The number of imidazole rings is 1. The molecular formula is C23H21N3O2. The molecule has 0 radical (unpaired) electrons. The number of anilines is 1. The summed E-state index contributed by atoms with van der Waals surface area (Å²) < 4.78 is 5.32. The Bertz CT molecular complexity index is 1160. The molecule has 5 heteroatoms. The fraction of sp³-hybridized carbons (Fsp3) is 0.130. The number of methoxy groups -OCH3 is 1. The van der Waals surface area contributed by atoms with Crippen molar-refractivity contribution < 1.29 is 9.53 Å². The van der Waals surface area contributed by atoms with Gasteiger partial charge in [-0.05, 0) is 61.4 Å². The van der Waals surface area contributed by atoms with Gasteiger partial charge in [-0.3, -0.25) is 4.79 Å². The fourth-order valence-corrected chi connectivity index (χ4v) is 3.15. The van der Waals surface area contributed by atoms with E-state index in [0.717, 1.165) is 28.0 Å². The molecule has 1 aromatic heterocycles. The van der Waals surface area contributed by atoms with E-state index in [1.54, 1.807) is 19.2 Å². The molecule has 0 unspecified atom stereocenters. The number of H-pyrrole nitrogens is 1. The number of amides is 1. The van der Waals surface area contributed by atoms with E-state index in [4.69, 9.17) is 4.74 Å². The molecule has 0 spiro atoms. The normalized spacial score (nSPS) is 10.8. The first-order valence-corrected chi connectivity index (χ1v) is 9.06. The third kappa shape index (κ3) is 3.47. The number of benzene rings is 3. The summed E-state index contributed by atoms with van der Waals surface area (Å²) in [5.74, 6) is 1.23. The molecule has 0 aliphatic carbocycles. The summed E-state index contributed by atoms with van der Waals surface area (Å²) in [6.07, 6.45) is 0. The van der Waals surface area contributed by atoms with Gasteiger partial charge < -0.3 is 15.0 Å². The smallest absolute Gasteiger partial charge is 0.255 e. The van der Waals surface area contributed by atoms with Gasteiger partial charge in [-0.25, -0.2) is 4.98 Å². The van der Waals surface area contributed by atoms with E-state index in [-0.39, 0.29) is 5.91 Å². The lowest BCUT2D eigenvalue weighted by Gasteiger charge is -2.11. The molecule has 0 fully saturated rings. The SMILES string of the molecule is COc1ccc(C)cc1NC(=O)c1ccc(-c2nc3ccc(C)cc3[nH]2)cc1. The minimum Gasteiger partial charge on any atom is -0.495 e. The second-order valence-electron chi connectivity index (χ2n) is 6.84. The summed E-state index contributed by atoms with van der Waals surface area (Å²) in [6.45, 7) is 4.02. The molecule has 0 bridgehead atoms. The number of nitrogens with one attached hydrogen (secondary N) is 2. The Morgan fingerprint density at radius 3 is 2.43 bits per heavy atom. The summed E-state index contributed by atoms with van der Waals surface area (Å²) in [4.78, 5) is 20.6. The van der Waals surface area contributed by atoms with Crippen LogP contribution in [0.2, 0.25) is 0 Å². The van der Waals surface area contributed by atoms with Crippen LogP contribution in [0, 0.1) is 13.8 Å². The number of aromatic amines is 1. The van der Waals surface area contributed by atoms with Crippen molar-refractivity contribution >= 4 is 22.6 Å². The number of fused-ring (bicyclic) bond motifs is 1.